The van der Waals surface area contributed by atoms with Crippen LogP contribution in [0, 0.1) is 0 Å². The molecule has 0 amide bonds. The Morgan fingerprint density at radius 2 is 2.47 bits per heavy atom. The molecule has 0 radical (unpaired) electrons. The molecular weight excluding hydrogens is 192 g/mol. The van der Waals surface area contributed by atoms with Gasteiger partial charge in [0.1, 0.15) is 5.76 Å². The fourth-order valence-corrected chi connectivity index (χ4v) is 1.75. The number of ether oxygens (including phenoxy) is 1. The molecule has 1 N–H and O–H groups in total. The maximum absolute atomic E-state index is 10.1. The Bertz CT molecular complexity index is 382. The van der Waals surface area contributed by atoms with E-state index in [1.807, 2.05) is 26.1 Å². The van der Waals surface area contributed by atoms with Gasteiger partial charge in [-0.25, -0.2) is 0 Å². The van der Waals surface area contributed by atoms with E-state index in [1.54, 1.807) is 4.68 Å². The van der Waals surface area contributed by atoms with E-state index in [2.05, 4.69) is 5.10 Å². The molecule has 2 heterocycles. The molecule has 1 aliphatic rings. The Hall–Kier alpha value is -1.29. The molecule has 1 aromatic heterocycles. The molecule has 0 spiro atoms. The predicted molar refractivity (Wildman–Crippen MR) is 56.2 cm³/mol. The zero-order valence-corrected chi connectivity index (χ0v) is 9.10. The van der Waals surface area contributed by atoms with Crippen molar-refractivity contribution in [1.29, 1.82) is 0 Å². The van der Waals surface area contributed by atoms with Gasteiger partial charge in [0.05, 0.1) is 18.0 Å². The van der Waals surface area contributed by atoms with Crippen molar-refractivity contribution in [2.75, 3.05) is 6.61 Å². The lowest BCUT2D eigenvalue weighted by atomic mass is 10.2. The van der Waals surface area contributed by atoms with E-state index < -0.39 is 6.10 Å². The van der Waals surface area contributed by atoms with Crippen molar-refractivity contribution in [3.63, 3.8) is 0 Å². The van der Waals surface area contributed by atoms with Gasteiger partial charge in [0.25, 0.3) is 0 Å². The van der Waals surface area contributed by atoms with Crippen molar-refractivity contribution >= 4 is 0 Å². The van der Waals surface area contributed by atoms with Crippen molar-refractivity contribution < 1.29 is 9.84 Å². The molecule has 4 heteroatoms. The number of rotatable bonds is 3. The largest absolute Gasteiger partial charge is 0.495 e. The SMILES string of the molecule is CCc1cc(C(O)C2=CCCO2)n(C)n1. The summed E-state index contributed by atoms with van der Waals surface area (Å²) in [4.78, 5) is 0. The fourth-order valence-electron chi connectivity index (χ4n) is 1.75. The molecular formula is C11H16N2O2. The number of aliphatic hydroxyl groups excluding tert-OH is 1. The molecule has 1 aromatic rings. The van der Waals surface area contributed by atoms with Crippen LogP contribution in [0.15, 0.2) is 17.9 Å². The monoisotopic (exact) mass is 208 g/mol. The van der Waals surface area contributed by atoms with E-state index in [0.29, 0.717) is 12.4 Å². The van der Waals surface area contributed by atoms with E-state index in [9.17, 15) is 5.11 Å². The normalized spacial score (nSPS) is 17.4. The Morgan fingerprint density at radius 1 is 1.67 bits per heavy atom. The minimum atomic E-state index is -0.676. The molecule has 1 aliphatic heterocycles. The van der Waals surface area contributed by atoms with Crippen molar-refractivity contribution in [1.82, 2.24) is 9.78 Å². The smallest absolute Gasteiger partial charge is 0.152 e. The van der Waals surface area contributed by atoms with Gasteiger partial charge in [-0.1, -0.05) is 6.92 Å². The molecule has 1 unspecified atom stereocenters. The van der Waals surface area contributed by atoms with Gasteiger partial charge >= 0.3 is 0 Å². The lowest BCUT2D eigenvalue weighted by molar-refractivity contribution is 0.113. The van der Waals surface area contributed by atoms with Crippen LogP contribution in [0.1, 0.15) is 30.8 Å². The van der Waals surface area contributed by atoms with Crippen molar-refractivity contribution in [3.05, 3.63) is 29.3 Å². The first-order valence-corrected chi connectivity index (χ1v) is 5.26. The second-order valence-corrected chi connectivity index (χ2v) is 3.68. The molecule has 0 aromatic carbocycles. The van der Waals surface area contributed by atoms with Gasteiger partial charge in [-0.05, 0) is 18.6 Å². The summed E-state index contributed by atoms with van der Waals surface area (Å²) < 4.78 is 7.05. The molecule has 82 valence electrons. The highest BCUT2D eigenvalue weighted by Crippen LogP contribution is 2.26. The first kappa shape index (κ1) is 10.2. The van der Waals surface area contributed by atoms with Crippen LogP contribution in [0.25, 0.3) is 0 Å². The third-order valence-electron chi connectivity index (χ3n) is 2.61. The fraction of sp³-hybridized carbons (Fsp3) is 0.545. The third-order valence-corrected chi connectivity index (χ3v) is 2.61. The van der Waals surface area contributed by atoms with Crippen molar-refractivity contribution in [3.8, 4) is 0 Å². The van der Waals surface area contributed by atoms with Crippen LogP contribution in [-0.4, -0.2) is 21.5 Å². The number of nitrogens with zero attached hydrogens (tertiary/aromatic N) is 2. The van der Waals surface area contributed by atoms with Crippen LogP contribution in [0.4, 0.5) is 0 Å². The predicted octanol–water partition coefficient (Wildman–Crippen LogP) is 1.32. The molecule has 0 saturated heterocycles. The summed E-state index contributed by atoms with van der Waals surface area (Å²) in [6.07, 6.45) is 3.01. The quantitative estimate of drug-likeness (QED) is 0.815. The molecule has 0 bridgehead atoms. The Kier molecular flexibility index (Phi) is 2.77. The summed E-state index contributed by atoms with van der Waals surface area (Å²) in [5.74, 6) is 0.653. The zero-order valence-electron chi connectivity index (χ0n) is 9.10. The average molecular weight is 208 g/mol. The molecule has 15 heavy (non-hydrogen) atoms. The lowest BCUT2D eigenvalue weighted by Gasteiger charge is -2.11. The average Bonchev–Trinajstić information content (AvgIpc) is 2.85. The summed E-state index contributed by atoms with van der Waals surface area (Å²) in [7, 11) is 1.84. The number of hydrogen-bond donors (Lipinski definition) is 1. The van der Waals surface area contributed by atoms with Crippen LogP contribution in [-0.2, 0) is 18.2 Å². The Labute approximate surface area is 89.2 Å². The van der Waals surface area contributed by atoms with E-state index in [0.717, 1.165) is 24.2 Å². The standard InChI is InChI=1S/C11H16N2O2/c1-3-8-7-9(13(2)12-8)11(14)10-5-4-6-15-10/h5,7,11,14H,3-4,6H2,1-2H3. The highest BCUT2D eigenvalue weighted by Gasteiger charge is 2.21. The van der Waals surface area contributed by atoms with Gasteiger partial charge in [-0.3, -0.25) is 4.68 Å². The zero-order chi connectivity index (χ0) is 10.8. The van der Waals surface area contributed by atoms with Crippen molar-refractivity contribution in [2.24, 2.45) is 7.05 Å². The minimum Gasteiger partial charge on any atom is -0.495 e. The van der Waals surface area contributed by atoms with Crippen LogP contribution in [0.3, 0.4) is 0 Å². The van der Waals surface area contributed by atoms with E-state index in [4.69, 9.17) is 4.74 Å². The number of aromatic nitrogens is 2. The van der Waals surface area contributed by atoms with Gasteiger partial charge in [0.2, 0.25) is 0 Å². The van der Waals surface area contributed by atoms with Crippen LogP contribution < -0.4 is 0 Å². The summed E-state index contributed by atoms with van der Waals surface area (Å²) >= 11 is 0. The van der Waals surface area contributed by atoms with E-state index in [-0.39, 0.29) is 0 Å². The first-order chi connectivity index (χ1) is 7.22. The van der Waals surface area contributed by atoms with Gasteiger partial charge in [-0.2, -0.15) is 5.10 Å². The number of aliphatic hydroxyl groups is 1. The summed E-state index contributed by atoms with van der Waals surface area (Å²) in [6.45, 7) is 2.72. The van der Waals surface area contributed by atoms with Gasteiger partial charge in [0, 0.05) is 13.5 Å². The Balaban J connectivity index is 2.24. The number of hydrogen-bond acceptors (Lipinski definition) is 3. The molecule has 0 saturated carbocycles. The molecule has 0 aliphatic carbocycles. The van der Waals surface area contributed by atoms with Gasteiger partial charge in [-0.15, -0.1) is 0 Å². The van der Waals surface area contributed by atoms with Gasteiger partial charge < -0.3 is 9.84 Å². The topological polar surface area (TPSA) is 47.3 Å². The maximum Gasteiger partial charge on any atom is 0.152 e. The second kappa shape index (κ2) is 4.06. The highest BCUT2D eigenvalue weighted by molar-refractivity contribution is 5.20. The molecule has 0 fully saturated rings. The Morgan fingerprint density at radius 3 is 3.00 bits per heavy atom. The second-order valence-electron chi connectivity index (χ2n) is 3.68. The van der Waals surface area contributed by atoms with Crippen LogP contribution >= 0.6 is 0 Å². The number of aryl methyl sites for hydroxylation is 2. The van der Waals surface area contributed by atoms with E-state index >= 15 is 0 Å². The minimum absolute atomic E-state index is 0.653. The lowest BCUT2D eigenvalue weighted by Crippen LogP contribution is -2.08. The van der Waals surface area contributed by atoms with Crippen molar-refractivity contribution in [2.45, 2.75) is 25.9 Å². The van der Waals surface area contributed by atoms with Crippen LogP contribution in [0.2, 0.25) is 0 Å². The van der Waals surface area contributed by atoms with Gasteiger partial charge in [0.15, 0.2) is 6.10 Å². The first-order valence-electron chi connectivity index (χ1n) is 5.26. The summed E-state index contributed by atoms with van der Waals surface area (Å²) in [6, 6.07) is 1.92. The molecule has 4 nitrogen and oxygen atoms in total. The summed E-state index contributed by atoms with van der Waals surface area (Å²) in [5.41, 5.74) is 1.78. The maximum atomic E-state index is 10.1. The van der Waals surface area contributed by atoms with E-state index in [1.165, 1.54) is 0 Å². The van der Waals surface area contributed by atoms with Crippen LogP contribution in [0.5, 0.6) is 0 Å². The summed E-state index contributed by atoms with van der Waals surface area (Å²) in [5, 5.41) is 14.4. The highest BCUT2D eigenvalue weighted by atomic mass is 16.5. The molecule has 2 rings (SSSR count). The third kappa shape index (κ3) is 1.90. The molecule has 1 atom stereocenters.